The van der Waals surface area contributed by atoms with Gasteiger partial charge in [0.15, 0.2) is 4.77 Å². The molecular weight excluding hydrogens is 222 g/mol. The Hall–Kier alpha value is -1.62. The van der Waals surface area contributed by atoms with Crippen LogP contribution in [0.1, 0.15) is 6.92 Å². The molecule has 1 atom stereocenters. The number of hydrogen-bond donors (Lipinski definition) is 2. The van der Waals surface area contributed by atoms with Gasteiger partial charge in [0, 0.05) is 6.54 Å². The van der Waals surface area contributed by atoms with E-state index in [0.29, 0.717) is 11.3 Å². The number of carbonyl (C=O) groups is 1. The van der Waals surface area contributed by atoms with Crippen LogP contribution in [0.2, 0.25) is 0 Å². The summed E-state index contributed by atoms with van der Waals surface area (Å²) in [4.78, 5) is 14.9. The standard InChI is InChI=1S/C11H11N3OS/c1-6-5-14-9-7(12-10(6)15)3-2-4-8(9)13-11(14)16/h2-4,6H,5H2,1H3,(H,12,15)(H,13,16). The van der Waals surface area contributed by atoms with Crippen LogP contribution in [0.4, 0.5) is 5.69 Å². The van der Waals surface area contributed by atoms with Crippen LogP contribution in [0.25, 0.3) is 11.0 Å². The highest BCUT2D eigenvalue weighted by Crippen LogP contribution is 2.27. The van der Waals surface area contributed by atoms with E-state index in [1.54, 1.807) is 0 Å². The summed E-state index contributed by atoms with van der Waals surface area (Å²) in [7, 11) is 0. The van der Waals surface area contributed by atoms with Gasteiger partial charge in [-0.1, -0.05) is 13.0 Å². The van der Waals surface area contributed by atoms with E-state index in [2.05, 4.69) is 10.3 Å². The van der Waals surface area contributed by atoms with Gasteiger partial charge in [-0.25, -0.2) is 0 Å². The Morgan fingerprint density at radius 1 is 1.50 bits per heavy atom. The first-order chi connectivity index (χ1) is 7.66. The van der Waals surface area contributed by atoms with E-state index in [-0.39, 0.29) is 11.8 Å². The van der Waals surface area contributed by atoms with Gasteiger partial charge in [0.1, 0.15) is 0 Å². The Morgan fingerprint density at radius 2 is 2.31 bits per heavy atom. The lowest BCUT2D eigenvalue weighted by Gasteiger charge is -2.06. The smallest absolute Gasteiger partial charge is 0.229 e. The third-order valence-corrected chi connectivity index (χ3v) is 3.28. The van der Waals surface area contributed by atoms with Gasteiger partial charge in [0.2, 0.25) is 5.91 Å². The largest absolute Gasteiger partial charge is 0.331 e. The second-order valence-electron chi connectivity index (χ2n) is 4.13. The van der Waals surface area contributed by atoms with Gasteiger partial charge < -0.3 is 14.9 Å². The lowest BCUT2D eigenvalue weighted by molar-refractivity contribution is -0.119. The molecule has 0 saturated heterocycles. The minimum absolute atomic E-state index is 0.0469. The third kappa shape index (κ3) is 1.21. The molecule has 2 aromatic rings. The first kappa shape index (κ1) is 9.59. The summed E-state index contributed by atoms with van der Waals surface area (Å²) in [6, 6.07) is 5.77. The SMILES string of the molecule is CC1Cn2c(=S)[nH]c3cccc(c32)NC1=O. The van der Waals surface area contributed by atoms with Crippen LogP contribution in [0, 0.1) is 10.7 Å². The molecular formula is C11H11N3OS. The molecule has 5 heteroatoms. The van der Waals surface area contributed by atoms with E-state index in [1.165, 1.54) is 0 Å². The number of carbonyl (C=O) groups excluding carboxylic acids is 1. The fourth-order valence-corrected chi connectivity index (χ4v) is 2.38. The Kier molecular flexibility index (Phi) is 1.91. The van der Waals surface area contributed by atoms with Crippen molar-refractivity contribution in [2.75, 3.05) is 5.32 Å². The van der Waals surface area contributed by atoms with E-state index in [9.17, 15) is 4.79 Å². The monoisotopic (exact) mass is 233 g/mol. The molecule has 0 spiro atoms. The average molecular weight is 233 g/mol. The van der Waals surface area contributed by atoms with Gasteiger partial charge in [-0.2, -0.15) is 0 Å². The highest BCUT2D eigenvalue weighted by molar-refractivity contribution is 7.71. The molecule has 2 heterocycles. The van der Waals surface area contributed by atoms with Gasteiger partial charge >= 0.3 is 0 Å². The van der Waals surface area contributed by atoms with Crippen LogP contribution < -0.4 is 5.32 Å². The molecule has 4 nitrogen and oxygen atoms in total. The number of hydrogen-bond acceptors (Lipinski definition) is 2. The lowest BCUT2D eigenvalue weighted by Crippen LogP contribution is -2.21. The zero-order chi connectivity index (χ0) is 11.3. The Morgan fingerprint density at radius 3 is 3.12 bits per heavy atom. The number of rotatable bonds is 0. The average Bonchev–Trinajstić information content (AvgIpc) is 2.48. The molecule has 3 rings (SSSR count). The molecule has 82 valence electrons. The number of nitrogens with zero attached hydrogens (tertiary/aromatic N) is 1. The van der Waals surface area contributed by atoms with E-state index in [1.807, 2.05) is 29.7 Å². The molecule has 0 saturated carbocycles. The summed E-state index contributed by atoms with van der Waals surface area (Å²) >= 11 is 5.27. The van der Waals surface area contributed by atoms with E-state index in [4.69, 9.17) is 12.2 Å². The van der Waals surface area contributed by atoms with Gasteiger partial charge in [-0.3, -0.25) is 4.79 Å². The van der Waals surface area contributed by atoms with Crippen molar-refractivity contribution < 1.29 is 4.79 Å². The molecule has 1 aromatic heterocycles. The topological polar surface area (TPSA) is 49.8 Å². The molecule has 0 aliphatic carbocycles. The summed E-state index contributed by atoms with van der Waals surface area (Å²) in [6.45, 7) is 2.53. The van der Waals surface area contributed by atoms with E-state index in [0.717, 1.165) is 16.7 Å². The molecule has 1 aliphatic heterocycles. The van der Waals surface area contributed by atoms with Crippen LogP contribution in [-0.4, -0.2) is 15.5 Å². The minimum atomic E-state index is -0.0712. The predicted octanol–water partition coefficient (Wildman–Crippen LogP) is 2.29. The summed E-state index contributed by atoms with van der Waals surface area (Å²) in [5, 5.41) is 2.92. The molecule has 1 unspecified atom stereocenters. The van der Waals surface area contributed by atoms with Crippen LogP contribution in [0.15, 0.2) is 18.2 Å². The minimum Gasteiger partial charge on any atom is -0.331 e. The van der Waals surface area contributed by atoms with Crippen LogP contribution >= 0.6 is 12.2 Å². The second-order valence-corrected chi connectivity index (χ2v) is 4.52. The van der Waals surface area contributed by atoms with Crippen LogP contribution in [0.3, 0.4) is 0 Å². The van der Waals surface area contributed by atoms with Crippen molar-refractivity contribution in [3.8, 4) is 0 Å². The van der Waals surface area contributed by atoms with Gasteiger partial charge in [0.05, 0.1) is 22.6 Å². The molecule has 0 radical (unpaired) electrons. The van der Waals surface area contributed by atoms with Crippen molar-refractivity contribution in [2.45, 2.75) is 13.5 Å². The molecule has 0 bridgehead atoms. The number of aromatic amines is 1. The number of nitrogens with one attached hydrogen (secondary N) is 2. The first-order valence-electron chi connectivity index (χ1n) is 5.19. The molecule has 0 fully saturated rings. The van der Waals surface area contributed by atoms with Gasteiger partial charge in [-0.05, 0) is 24.4 Å². The van der Waals surface area contributed by atoms with Crippen molar-refractivity contribution in [3.05, 3.63) is 23.0 Å². The fourth-order valence-electron chi connectivity index (χ4n) is 2.11. The van der Waals surface area contributed by atoms with Gasteiger partial charge in [0.25, 0.3) is 0 Å². The zero-order valence-corrected chi connectivity index (χ0v) is 9.60. The van der Waals surface area contributed by atoms with Crippen molar-refractivity contribution in [1.29, 1.82) is 0 Å². The number of anilines is 1. The maximum Gasteiger partial charge on any atom is 0.229 e. The van der Waals surface area contributed by atoms with Crippen molar-refractivity contribution in [3.63, 3.8) is 0 Å². The fraction of sp³-hybridized carbons (Fsp3) is 0.273. The first-order valence-corrected chi connectivity index (χ1v) is 5.60. The number of aromatic nitrogens is 2. The highest BCUT2D eigenvalue weighted by atomic mass is 32.1. The predicted molar refractivity (Wildman–Crippen MR) is 64.9 cm³/mol. The number of para-hydroxylation sites is 1. The number of H-pyrrole nitrogens is 1. The van der Waals surface area contributed by atoms with Crippen molar-refractivity contribution in [1.82, 2.24) is 9.55 Å². The van der Waals surface area contributed by atoms with E-state index < -0.39 is 0 Å². The number of imidazole rings is 1. The van der Waals surface area contributed by atoms with Crippen LogP contribution in [-0.2, 0) is 11.3 Å². The highest BCUT2D eigenvalue weighted by Gasteiger charge is 2.22. The van der Waals surface area contributed by atoms with Crippen LogP contribution in [0.5, 0.6) is 0 Å². The summed E-state index contributed by atoms with van der Waals surface area (Å²) < 4.78 is 2.66. The summed E-state index contributed by atoms with van der Waals surface area (Å²) in [6.07, 6.45) is 0. The molecule has 2 N–H and O–H groups in total. The molecule has 1 aromatic carbocycles. The molecule has 1 aliphatic rings. The Bertz CT molecular complexity index is 640. The van der Waals surface area contributed by atoms with Crippen molar-refractivity contribution >= 4 is 34.8 Å². The lowest BCUT2D eigenvalue weighted by atomic mass is 10.2. The van der Waals surface area contributed by atoms with Gasteiger partial charge in [-0.15, -0.1) is 0 Å². The van der Waals surface area contributed by atoms with E-state index >= 15 is 0 Å². The zero-order valence-electron chi connectivity index (χ0n) is 8.78. The second kappa shape index (κ2) is 3.18. The quantitative estimate of drug-likeness (QED) is 0.686. The Labute approximate surface area is 97.3 Å². The maximum atomic E-state index is 11.8. The Balaban J connectivity index is 2.40. The summed E-state index contributed by atoms with van der Waals surface area (Å²) in [5.41, 5.74) is 2.79. The third-order valence-electron chi connectivity index (χ3n) is 2.95. The number of benzene rings is 1. The molecule has 1 amide bonds. The number of amides is 1. The van der Waals surface area contributed by atoms with Crippen molar-refractivity contribution in [2.24, 2.45) is 5.92 Å². The normalized spacial score (nSPS) is 19.6. The maximum absolute atomic E-state index is 11.8. The summed E-state index contributed by atoms with van der Waals surface area (Å²) in [5.74, 6) is -0.0244. The molecule has 16 heavy (non-hydrogen) atoms.